The van der Waals surface area contributed by atoms with Crippen molar-refractivity contribution in [3.63, 3.8) is 0 Å². The van der Waals surface area contributed by atoms with E-state index in [2.05, 4.69) is 5.32 Å². The molecule has 1 aliphatic carbocycles. The Labute approximate surface area is 123 Å². The maximum atomic E-state index is 12.0. The topological polar surface area (TPSA) is 58.6 Å². The number of hydrogen-bond acceptors (Lipinski definition) is 3. The van der Waals surface area contributed by atoms with Gasteiger partial charge in [0, 0.05) is 12.1 Å². The van der Waals surface area contributed by atoms with Gasteiger partial charge in [0.25, 0.3) is 0 Å². The number of carbonyl (C=O) groups is 1. The number of amides is 1. The molecule has 1 aliphatic rings. The van der Waals surface area contributed by atoms with Crippen LogP contribution in [-0.4, -0.2) is 17.3 Å². The van der Waals surface area contributed by atoms with E-state index < -0.39 is 6.09 Å². The minimum Gasteiger partial charge on any atom is -0.410 e. The van der Waals surface area contributed by atoms with E-state index in [0.29, 0.717) is 17.9 Å². The third-order valence-electron chi connectivity index (χ3n) is 3.65. The lowest BCUT2D eigenvalue weighted by Crippen LogP contribution is -2.23. The van der Waals surface area contributed by atoms with Crippen LogP contribution in [0.2, 0.25) is 0 Å². The number of aliphatic hydroxyl groups excluding tert-OH is 1. The second-order valence-electron chi connectivity index (χ2n) is 5.17. The second kappa shape index (κ2) is 5.97. The van der Waals surface area contributed by atoms with Crippen LogP contribution in [0.5, 0.6) is 5.75 Å². The largest absolute Gasteiger partial charge is 0.417 e. The molecule has 108 valence electrons. The molecule has 0 fully saturated rings. The third-order valence-corrected chi connectivity index (χ3v) is 3.65. The normalized spacial score (nSPS) is 16.9. The summed E-state index contributed by atoms with van der Waals surface area (Å²) < 4.78 is 5.22. The number of hydrogen-bond donors (Lipinski definition) is 2. The number of nitrogens with one attached hydrogen (secondary N) is 1. The Bertz CT molecular complexity index is 640. The quantitative estimate of drug-likeness (QED) is 0.890. The molecule has 0 unspecified atom stereocenters. The fourth-order valence-electron chi connectivity index (χ4n) is 2.62. The Morgan fingerprint density at radius 2 is 1.95 bits per heavy atom. The predicted molar refractivity (Wildman–Crippen MR) is 80.6 cm³/mol. The highest BCUT2D eigenvalue weighted by Crippen LogP contribution is 2.28. The first-order valence-corrected chi connectivity index (χ1v) is 7.05. The van der Waals surface area contributed by atoms with Gasteiger partial charge in [0.05, 0.1) is 6.10 Å². The van der Waals surface area contributed by atoms with Crippen molar-refractivity contribution in [1.82, 2.24) is 0 Å². The molecule has 4 heteroatoms. The standard InChI is InChI=1S/C17H17NO3/c19-13-10-9-12-5-4-8-16(15(12)11-13)18-17(20)21-14-6-2-1-3-7-14/h1-8,13,19H,9-11H2,(H,18,20)/t13-/m1/s1. The highest BCUT2D eigenvalue weighted by Gasteiger charge is 2.20. The van der Waals surface area contributed by atoms with Crippen LogP contribution in [0, 0.1) is 0 Å². The Morgan fingerprint density at radius 1 is 1.14 bits per heavy atom. The van der Waals surface area contributed by atoms with Crippen LogP contribution in [-0.2, 0) is 12.8 Å². The minimum atomic E-state index is -0.519. The molecule has 0 aliphatic heterocycles. The van der Waals surface area contributed by atoms with E-state index in [1.165, 1.54) is 5.56 Å². The van der Waals surface area contributed by atoms with E-state index in [1.54, 1.807) is 12.1 Å². The Hall–Kier alpha value is -2.33. The summed E-state index contributed by atoms with van der Waals surface area (Å²) in [5.41, 5.74) is 2.89. The molecule has 0 saturated heterocycles. The molecule has 2 aromatic rings. The number of benzene rings is 2. The zero-order valence-corrected chi connectivity index (χ0v) is 11.6. The summed E-state index contributed by atoms with van der Waals surface area (Å²) >= 11 is 0. The first-order valence-electron chi connectivity index (χ1n) is 7.05. The zero-order valence-electron chi connectivity index (χ0n) is 11.6. The summed E-state index contributed by atoms with van der Waals surface area (Å²) in [5, 5.41) is 12.6. The van der Waals surface area contributed by atoms with E-state index in [4.69, 9.17) is 4.74 Å². The fourth-order valence-corrected chi connectivity index (χ4v) is 2.62. The molecule has 4 nitrogen and oxygen atoms in total. The van der Waals surface area contributed by atoms with Gasteiger partial charge < -0.3 is 9.84 Å². The summed E-state index contributed by atoms with van der Waals surface area (Å²) in [6, 6.07) is 14.7. The van der Waals surface area contributed by atoms with Crippen LogP contribution >= 0.6 is 0 Å². The summed E-state index contributed by atoms with van der Waals surface area (Å²) in [6.45, 7) is 0. The number of aryl methyl sites for hydroxylation is 1. The van der Waals surface area contributed by atoms with Crippen molar-refractivity contribution >= 4 is 11.8 Å². The number of para-hydroxylation sites is 1. The second-order valence-corrected chi connectivity index (χ2v) is 5.17. The van der Waals surface area contributed by atoms with E-state index in [9.17, 15) is 9.90 Å². The summed E-state index contributed by atoms with van der Waals surface area (Å²) in [6.07, 6.45) is 1.31. The Kier molecular flexibility index (Phi) is 3.88. The van der Waals surface area contributed by atoms with Gasteiger partial charge in [-0.25, -0.2) is 4.79 Å². The summed E-state index contributed by atoms with van der Waals surface area (Å²) in [7, 11) is 0. The molecule has 0 heterocycles. The van der Waals surface area contributed by atoms with Crippen molar-refractivity contribution in [3.8, 4) is 5.75 Å². The van der Waals surface area contributed by atoms with Gasteiger partial charge in [-0.15, -0.1) is 0 Å². The molecule has 0 spiro atoms. The van der Waals surface area contributed by atoms with Crippen molar-refractivity contribution in [3.05, 3.63) is 59.7 Å². The summed E-state index contributed by atoms with van der Waals surface area (Å²) in [4.78, 5) is 12.0. The van der Waals surface area contributed by atoms with Crippen LogP contribution < -0.4 is 10.1 Å². The monoisotopic (exact) mass is 283 g/mol. The van der Waals surface area contributed by atoms with E-state index in [-0.39, 0.29) is 6.10 Å². The Balaban J connectivity index is 1.75. The smallest absolute Gasteiger partial charge is 0.410 e. The number of anilines is 1. The molecule has 0 bridgehead atoms. The first-order chi connectivity index (χ1) is 10.2. The van der Waals surface area contributed by atoms with Gasteiger partial charge in [-0.05, 0) is 42.2 Å². The minimum absolute atomic E-state index is 0.342. The van der Waals surface area contributed by atoms with E-state index >= 15 is 0 Å². The average Bonchev–Trinajstić information content (AvgIpc) is 2.49. The van der Waals surface area contributed by atoms with Crippen LogP contribution in [0.1, 0.15) is 17.5 Å². The summed E-state index contributed by atoms with van der Waals surface area (Å²) in [5.74, 6) is 0.500. The lowest BCUT2D eigenvalue weighted by atomic mass is 9.88. The molecular formula is C17H17NO3. The molecule has 2 aromatic carbocycles. The highest BCUT2D eigenvalue weighted by molar-refractivity contribution is 5.87. The molecule has 1 amide bonds. The molecule has 3 rings (SSSR count). The first kappa shape index (κ1) is 13.6. The molecule has 0 saturated carbocycles. The third kappa shape index (κ3) is 3.23. The number of fused-ring (bicyclic) bond motifs is 1. The predicted octanol–water partition coefficient (Wildman–Crippen LogP) is 3.15. The molecule has 1 atom stereocenters. The molecular weight excluding hydrogens is 266 g/mol. The van der Waals surface area contributed by atoms with Gasteiger partial charge >= 0.3 is 6.09 Å². The number of aliphatic hydroxyl groups is 1. The number of rotatable bonds is 2. The fraction of sp³-hybridized carbons (Fsp3) is 0.235. The zero-order chi connectivity index (χ0) is 14.7. The number of carbonyl (C=O) groups excluding carboxylic acids is 1. The van der Waals surface area contributed by atoms with Crippen molar-refractivity contribution in [2.75, 3.05) is 5.32 Å². The van der Waals surface area contributed by atoms with E-state index in [1.807, 2.05) is 36.4 Å². The highest BCUT2D eigenvalue weighted by atomic mass is 16.6. The van der Waals surface area contributed by atoms with Crippen molar-refractivity contribution < 1.29 is 14.6 Å². The van der Waals surface area contributed by atoms with Crippen molar-refractivity contribution in [2.24, 2.45) is 0 Å². The van der Waals surface area contributed by atoms with E-state index in [0.717, 1.165) is 18.4 Å². The molecule has 0 aromatic heterocycles. The van der Waals surface area contributed by atoms with Gasteiger partial charge in [0.2, 0.25) is 0 Å². The van der Waals surface area contributed by atoms with Gasteiger partial charge in [0.1, 0.15) is 5.75 Å². The Morgan fingerprint density at radius 3 is 2.76 bits per heavy atom. The van der Waals surface area contributed by atoms with Gasteiger partial charge in [-0.1, -0.05) is 30.3 Å². The lowest BCUT2D eigenvalue weighted by molar-refractivity contribution is 0.158. The SMILES string of the molecule is O=C(Nc1cccc2c1C[C@H](O)CC2)Oc1ccccc1. The maximum Gasteiger partial charge on any atom is 0.417 e. The number of ether oxygens (including phenoxy) is 1. The van der Waals surface area contributed by atoms with Crippen LogP contribution in [0.15, 0.2) is 48.5 Å². The van der Waals surface area contributed by atoms with Crippen molar-refractivity contribution in [2.45, 2.75) is 25.4 Å². The van der Waals surface area contributed by atoms with Gasteiger partial charge in [0.15, 0.2) is 0 Å². The van der Waals surface area contributed by atoms with Crippen LogP contribution in [0.4, 0.5) is 10.5 Å². The molecule has 2 N–H and O–H groups in total. The average molecular weight is 283 g/mol. The molecule has 21 heavy (non-hydrogen) atoms. The van der Waals surface area contributed by atoms with Gasteiger partial charge in [-0.2, -0.15) is 0 Å². The lowest BCUT2D eigenvalue weighted by Gasteiger charge is -2.23. The van der Waals surface area contributed by atoms with Crippen LogP contribution in [0.25, 0.3) is 0 Å². The van der Waals surface area contributed by atoms with Crippen LogP contribution in [0.3, 0.4) is 0 Å². The molecule has 0 radical (unpaired) electrons. The van der Waals surface area contributed by atoms with Gasteiger partial charge in [-0.3, -0.25) is 5.32 Å². The van der Waals surface area contributed by atoms with Crippen molar-refractivity contribution in [1.29, 1.82) is 0 Å². The maximum absolute atomic E-state index is 12.0.